The quantitative estimate of drug-likeness (QED) is 0.845. The van der Waals surface area contributed by atoms with Crippen LogP contribution in [0.25, 0.3) is 0 Å². The molecule has 0 saturated carbocycles. The molecule has 2 unspecified atom stereocenters. The van der Waals surface area contributed by atoms with Crippen LogP contribution in [0.15, 0.2) is 0 Å². The third kappa shape index (κ3) is 3.43. The van der Waals surface area contributed by atoms with Gasteiger partial charge in [-0.15, -0.1) is 0 Å². The number of rotatable bonds is 4. The molecule has 0 aliphatic carbocycles. The number of hydrogen-bond acceptors (Lipinski definition) is 3. The smallest absolute Gasteiger partial charge is 0.0241 e. The van der Waals surface area contributed by atoms with Crippen LogP contribution < -0.4 is 5.32 Å². The third-order valence-corrected chi connectivity index (χ3v) is 5.77. The van der Waals surface area contributed by atoms with Gasteiger partial charge in [-0.2, -0.15) is 11.8 Å². The molecule has 1 N–H and O–H groups in total. The number of nitrogens with one attached hydrogen (secondary N) is 1. The first kappa shape index (κ1) is 14.7. The van der Waals surface area contributed by atoms with Gasteiger partial charge in [-0.25, -0.2) is 0 Å². The molecule has 106 valence electrons. The highest BCUT2D eigenvalue weighted by atomic mass is 32.2. The van der Waals surface area contributed by atoms with Gasteiger partial charge in [-0.3, -0.25) is 4.90 Å². The lowest BCUT2D eigenvalue weighted by atomic mass is 9.80. The first-order chi connectivity index (χ1) is 8.50. The summed E-state index contributed by atoms with van der Waals surface area (Å²) in [6, 6.07) is 2.14. The van der Waals surface area contributed by atoms with E-state index in [2.05, 4.69) is 49.7 Å². The van der Waals surface area contributed by atoms with Crippen molar-refractivity contribution in [2.75, 3.05) is 24.6 Å². The van der Waals surface area contributed by atoms with Crippen LogP contribution in [0.4, 0.5) is 0 Å². The molecule has 0 bridgehead atoms. The van der Waals surface area contributed by atoms with E-state index in [-0.39, 0.29) is 0 Å². The SMILES string of the molecule is CC(C)N(CC1CCCN1)C1CSCCC1(C)C. The summed E-state index contributed by atoms with van der Waals surface area (Å²) in [6.45, 7) is 12.1. The molecule has 2 nitrogen and oxygen atoms in total. The predicted molar refractivity (Wildman–Crippen MR) is 82.4 cm³/mol. The second kappa shape index (κ2) is 6.15. The van der Waals surface area contributed by atoms with Gasteiger partial charge in [0.25, 0.3) is 0 Å². The number of nitrogens with zero attached hydrogens (tertiary/aromatic N) is 1. The summed E-state index contributed by atoms with van der Waals surface area (Å²) in [5.41, 5.74) is 0.480. The maximum atomic E-state index is 3.66. The van der Waals surface area contributed by atoms with Gasteiger partial charge >= 0.3 is 0 Å². The van der Waals surface area contributed by atoms with Crippen LogP contribution in [0.3, 0.4) is 0 Å². The van der Waals surface area contributed by atoms with Gasteiger partial charge in [0.15, 0.2) is 0 Å². The van der Waals surface area contributed by atoms with E-state index in [0.717, 1.165) is 12.1 Å². The third-order valence-electron chi connectivity index (χ3n) is 4.73. The van der Waals surface area contributed by atoms with Crippen LogP contribution in [0.5, 0.6) is 0 Å². The van der Waals surface area contributed by atoms with Gasteiger partial charge in [-0.05, 0) is 50.8 Å². The summed E-state index contributed by atoms with van der Waals surface area (Å²) in [6.07, 6.45) is 4.09. The lowest BCUT2D eigenvalue weighted by molar-refractivity contribution is 0.0630. The zero-order chi connectivity index (χ0) is 13.2. The minimum absolute atomic E-state index is 0.480. The molecule has 0 aromatic carbocycles. The van der Waals surface area contributed by atoms with Gasteiger partial charge < -0.3 is 5.32 Å². The van der Waals surface area contributed by atoms with Crippen molar-refractivity contribution in [3.05, 3.63) is 0 Å². The molecule has 0 amide bonds. The molecular weight excluding hydrogens is 240 g/mol. The first-order valence-corrected chi connectivity index (χ1v) is 8.73. The van der Waals surface area contributed by atoms with Crippen LogP contribution in [0.1, 0.15) is 47.0 Å². The van der Waals surface area contributed by atoms with Gasteiger partial charge in [0, 0.05) is 30.4 Å². The fourth-order valence-corrected chi connectivity index (χ4v) is 5.04. The number of thioether (sulfide) groups is 1. The minimum atomic E-state index is 0.480. The molecule has 2 heterocycles. The Hall–Kier alpha value is 0.270. The van der Waals surface area contributed by atoms with Gasteiger partial charge in [0.1, 0.15) is 0 Å². The van der Waals surface area contributed by atoms with Crippen LogP contribution >= 0.6 is 11.8 Å². The summed E-state index contributed by atoms with van der Waals surface area (Å²) in [4.78, 5) is 2.77. The highest BCUT2D eigenvalue weighted by Gasteiger charge is 2.38. The van der Waals surface area contributed by atoms with E-state index >= 15 is 0 Å². The summed E-state index contributed by atoms with van der Waals surface area (Å²) in [5.74, 6) is 2.66. The van der Waals surface area contributed by atoms with Crippen molar-refractivity contribution in [3.63, 3.8) is 0 Å². The Labute approximate surface area is 117 Å². The molecule has 0 aromatic rings. The largest absolute Gasteiger partial charge is 0.313 e. The summed E-state index contributed by atoms with van der Waals surface area (Å²) < 4.78 is 0. The van der Waals surface area contributed by atoms with Gasteiger partial charge in [0.2, 0.25) is 0 Å². The molecule has 2 fully saturated rings. The van der Waals surface area contributed by atoms with Crippen molar-refractivity contribution in [2.45, 2.75) is 65.1 Å². The minimum Gasteiger partial charge on any atom is -0.313 e. The standard InChI is InChI=1S/C15H30N2S/c1-12(2)17(10-13-6-5-8-16-13)14-11-18-9-7-15(14,3)4/h12-14,16H,5-11H2,1-4H3. The van der Waals surface area contributed by atoms with Crippen LogP contribution in [-0.2, 0) is 0 Å². The van der Waals surface area contributed by atoms with E-state index in [9.17, 15) is 0 Å². The van der Waals surface area contributed by atoms with Crippen molar-refractivity contribution in [2.24, 2.45) is 5.41 Å². The second-order valence-electron chi connectivity index (χ2n) is 6.91. The molecule has 0 spiro atoms. The maximum absolute atomic E-state index is 3.66. The molecule has 3 heteroatoms. The topological polar surface area (TPSA) is 15.3 Å². The lowest BCUT2D eigenvalue weighted by Crippen LogP contribution is -2.55. The Morgan fingerprint density at radius 1 is 1.39 bits per heavy atom. The van der Waals surface area contributed by atoms with Crippen LogP contribution in [0, 0.1) is 5.41 Å². The molecule has 2 saturated heterocycles. The van der Waals surface area contributed by atoms with Crippen LogP contribution in [0.2, 0.25) is 0 Å². The zero-order valence-electron chi connectivity index (χ0n) is 12.5. The van der Waals surface area contributed by atoms with E-state index in [0.29, 0.717) is 11.5 Å². The van der Waals surface area contributed by atoms with Crippen molar-refractivity contribution >= 4 is 11.8 Å². The van der Waals surface area contributed by atoms with Gasteiger partial charge in [0.05, 0.1) is 0 Å². The Balaban J connectivity index is 2.03. The van der Waals surface area contributed by atoms with E-state index in [1.165, 1.54) is 43.9 Å². The molecule has 2 atom stereocenters. The highest BCUT2D eigenvalue weighted by molar-refractivity contribution is 7.99. The van der Waals surface area contributed by atoms with Crippen LogP contribution in [-0.4, -0.2) is 47.6 Å². The lowest BCUT2D eigenvalue weighted by Gasteiger charge is -2.47. The number of hydrogen-bond donors (Lipinski definition) is 1. The maximum Gasteiger partial charge on any atom is 0.0241 e. The Morgan fingerprint density at radius 2 is 2.17 bits per heavy atom. The van der Waals surface area contributed by atoms with E-state index in [1.807, 2.05) is 0 Å². The van der Waals surface area contributed by atoms with E-state index in [1.54, 1.807) is 0 Å². The molecule has 2 aliphatic heterocycles. The first-order valence-electron chi connectivity index (χ1n) is 7.57. The molecule has 2 aliphatic rings. The molecule has 0 aromatic heterocycles. The van der Waals surface area contributed by atoms with Crippen molar-refractivity contribution in [1.29, 1.82) is 0 Å². The highest BCUT2D eigenvalue weighted by Crippen LogP contribution is 2.38. The van der Waals surface area contributed by atoms with E-state index in [4.69, 9.17) is 0 Å². The fourth-order valence-electron chi connectivity index (χ4n) is 3.33. The average Bonchev–Trinajstić information content (AvgIpc) is 2.78. The van der Waals surface area contributed by atoms with E-state index < -0.39 is 0 Å². The summed E-state index contributed by atoms with van der Waals surface area (Å²) >= 11 is 2.15. The monoisotopic (exact) mass is 270 g/mol. The average molecular weight is 270 g/mol. The van der Waals surface area contributed by atoms with Crippen molar-refractivity contribution in [1.82, 2.24) is 10.2 Å². The second-order valence-corrected chi connectivity index (χ2v) is 8.06. The Kier molecular flexibility index (Phi) is 5.01. The summed E-state index contributed by atoms with van der Waals surface area (Å²) in [5, 5.41) is 3.66. The Bertz CT molecular complexity index is 259. The van der Waals surface area contributed by atoms with Crippen molar-refractivity contribution < 1.29 is 0 Å². The summed E-state index contributed by atoms with van der Waals surface area (Å²) in [7, 11) is 0. The molecule has 2 rings (SSSR count). The predicted octanol–water partition coefficient (Wildman–Crippen LogP) is 2.98. The molecular formula is C15H30N2S. The normalized spacial score (nSPS) is 32.3. The van der Waals surface area contributed by atoms with Gasteiger partial charge in [-0.1, -0.05) is 13.8 Å². The molecule has 0 radical (unpaired) electrons. The molecule has 18 heavy (non-hydrogen) atoms. The van der Waals surface area contributed by atoms with Crippen molar-refractivity contribution in [3.8, 4) is 0 Å². The fraction of sp³-hybridized carbons (Fsp3) is 1.00. The zero-order valence-corrected chi connectivity index (χ0v) is 13.4. The Morgan fingerprint density at radius 3 is 2.72 bits per heavy atom.